The molecule has 9 heteroatoms. The van der Waals surface area contributed by atoms with E-state index in [4.69, 9.17) is 14.7 Å². The van der Waals surface area contributed by atoms with Gasteiger partial charge in [0.25, 0.3) is 0 Å². The Labute approximate surface area is 191 Å². The van der Waals surface area contributed by atoms with Crippen molar-refractivity contribution in [2.75, 3.05) is 18.0 Å². The van der Waals surface area contributed by atoms with Crippen molar-refractivity contribution < 1.29 is 9.53 Å². The number of aromatic amines is 1. The number of ether oxygens (including phenoxy) is 1. The first-order chi connectivity index (χ1) is 15.4. The van der Waals surface area contributed by atoms with Gasteiger partial charge in [-0.2, -0.15) is 4.98 Å². The average molecular weight is 453 g/mol. The van der Waals surface area contributed by atoms with Crippen LogP contribution in [0.25, 0.3) is 11.2 Å². The molecule has 0 aliphatic carbocycles. The maximum Gasteiger partial charge on any atom is 0.410 e. The summed E-state index contributed by atoms with van der Waals surface area (Å²) >= 11 is 1.68. The van der Waals surface area contributed by atoms with Crippen LogP contribution in [0, 0.1) is 0 Å². The highest BCUT2D eigenvalue weighted by molar-refractivity contribution is 7.98. The van der Waals surface area contributed by atoms with Gasteiger partial charge in [0.05, 0.1) is 18.4 Å². The molecule has 3 aromatic rings. The third-order valence-corrected chi connectivity index (χ3v) is 6.87. The lowest BCUT2D eigenvalue weighted by Gasteiger charge is -2.41. The predicted octanol–water partition coefficient (Wildman–Crippen LogP) is 4.23. The van der Waals surface area contributed by atoms with Gasteiger partial charge in [0.1, 0.15) is 16.1 Å². The largest absolute Gasteiger partial charge is 0.444 e. The fraction of sp³-hybridized carbons (Fsp3) is 0.478. The van der Waals surface area contributed by atoms with Gasteiger partial charge in [0.15, 0.2) is 5.65 Å². The highest BCUT2D eigenvalue weighted by Crippen LogP contribution is 2.34. The molecule has 4 heterocycles. The number of nitrogens with one attached hydrogen (secondary N) is 1. The SMILES string of the molecule is CC(C)(C)OC(=O)N1C2CCC1CN(c1nc(SCc3ccccc3)c3[nH]cnc3n1)C2. The second-order valence-corrected chi connectivity index (χ2v) is 10.3. The summed E-state index contributed by atoms with van der Waals surface area (Å²) in [4.78, 5) is 34.1. The van der Waals surface area contributed by atoms with Crippen LogP contribution in [0.1, 0.15) is 39.2 Å². The first kappa shape index (κ1) is 21.1. The van der Waals surface area contributed by atoms with E-state index in [0.717, 1.165) is 29.1 Å². The van der Waals surface area contributed by atoms with Crippen LogP contribution in [-0.4, -0.2) is 61.7 Å². The lowest BCUT2D eigenvalue weighted by molar-refractivity contribution is 0.0122. The van der Waals surface area contributed by atoms with Crippen molar-refractivity contribution in [1.29, 1.82) is 0 Å². The van der Waals surface area contributed by atoms with Crippen molar-refractivity contribution in [3.8, 4) is 0 Å². The molecule has 2 aromatic heterocycles. The quantitative estimate of drug-likeness (QED) is 0.468. The number of piperazine rings is 1. The first-order valence-corrected chi connectivity index (χ1v) is 12.0. The van der Waals surface area contributed by atoms with Crippen LogP contribution in [0.15, 0.2) is 41.7 Å². The summed E-state index contributed by atoms with van der Waals surface area (Å²) in [6.45, 7) is 7.13. The van der Waals surface area contributed by atoms with E-state index >= 15 is 0 Å². The number of H-pyrrole nitrogens is 1. The van der Waals surface area contributed by atoms with Crippen LogP contribution in [0.4, 0.5) is 10.7 Å². The number of benzene rings is 1. The summed E-state index contributed by atoms with van der Waals surface area (Å²) in [6.07, 6.45) is 3.40. The van der Waals surface area contributed by atoms with E-state index < -0.39 is 5.60 Å². The van der Waals surface area contributed by atoms with Gasteiger partial charge in [0, 0.05) is 18.8 Å². The first-order valence-electron chi connectivity index (χ1n) is 11.0. The van der Waals surface area contributed by atoms with E-state index in [9.17, 15) is 4.79 Å². The van der Waals surface area contributed by atoms with Gasteiger partial charge < -0.3 is 14.6 Å². The van der Waals surface area contributed by atoms with Gasteiger partial charge in [-0.05, 0) is 39.2 Å². The molecule has 2 bridgehead atoms. The summed E-state index contributed by atoms with van der Waals surface area (Å²) < 4.78 is 5.66. The predicted molar refractivity (Wildman–Crippen MR) is 125 cm³/mol. The number of hydrogen-bond acceptors (Lipinski definition) is 7. The fourth-order valence-corrected chi connectivity index (χ4v) is 5.38. The number of hydrogen-bond donors (Lipinski definition) is 1. The van der Waals surface area contributed by atoms with Crippen LogP contribution in [-0.2, 0) is 10.5 Å². The number of aromatic nitrogens is 4. The van der Waals surface area contributed by atoms with E-state index in [-0.39, 0.29) is 18.2 Å². The molecule has 1 amide bonds. The molecule has 2 fully saturated rings. The lowest BCUT2D eigenvalue weighted by Crippen LogP contribution is -2.57. The third kappa shape index (κ3) is 4.26. The van der Waals surface area contributed by atoms with Gasteiger partial charge in [-0.15, -0.1) is 0 Å². The van der Waals surface area contributed by atoms with Gasteiger partial charge in [-0.3, -0.25) is 4.90 Å². The van der Waals surface area contributed by atoms with Gasteiger partial charge in [-0.1, -0.05) is 42.1 Å². The minimum atomic E-state index is -0.493. The van der Waals surface area contributed by atoms with Crippen molar-refractivity contribution in [2.45, 2.75) is 62.1 Å². The second-order valence-electron chi connectivity index (χ2n) is 9.38. The number of carbonyl (C=O) groups is 1. The molecule has 2 aliphatic rings. The van der Waals surface area contributed by atoms with Crippen molar-refractivity contribution in [1.82, 2.24) is 24.8 Å². The molecule has 1 aromatic carbocycles. The van der Waals surface area contributed by atoms with E-state index in [1.165, 1.54) is 5.56 Å². The number of fused-ring (bicyclic) bond motifs is 3. The Morgan fingerprint density at radius 3 is 2.56 bits per heavy atom. The average Bonchev–Trinajstić information content (AvgIpc) is 3.33. The zero-order chi connectivity index (χ0) is 22.3. The zero-order valence-electron chi connectivity index (χ0n) is 18.6. The zero-order valence-corrected chi connectivity index (χ0v) is 19.4. The van der Waals surface area contributed by atoms with Gasteiger partial charge in [0.2, 0.25) is 5.95 Å². The molecule has 0 saturated carbocycles. The Balaban J connectivity index is 1.36. The van der Waals surface area contributed by atoms with E-state index in [1.54, 1.807) is 18.1 Å². The molecule has 8 nitrogen and oxygen atoms in total. The van der Waals surface area contributed by atoms with Crippen molar-refractivity contribution >= 4 is 35.0 Å². The summed E-state index contributed by atoms with van der Waals surface area (Å²) in [5, 5.41) is 0.897. The monoisotopic (exact) mass is 452 g/mol. The number of thioether (sulfide) groups is 1. The van der Waals surface area contributed by atoms with Crippen molar-refractivity contribution in [2.24, 2.45) is 0 Å². The Bertz CT molecular complexity index is 1100. The van der Waals surface area contributed by atoms with E-state index in [0.29, 0.717) is 24.7 Å². The normalized spacial score (nSPS) is 20.7. The molecule has 168 valence electrons. The molecular weight excluding hydrogens is 424 g/mol. The molecule has 0 radical (unpaired) electrons. The van der Waals surface area contributed by atoms with Crippen LogP contribution >= 0.6 is 11.8 Å². The smallest absolute Gasteiger partial charge is 0.410 e. The molecule has 1 N–H and O–H groups in total. The van der Waals surface area contributed by atoms with Crippen LogP contribution in [0.3, 0.4) is 0 Å². The maximum atomic E-state index is 12.8. The topological polar surface area (TPSA) is 87.2 Å². The standard InChI is InChI=1S/C23H28N6O2S/c1-23(2,3)31-22(30)29-16-9-10-17(29)12-28(11-16)21-26-19-18(24-14-25-19)20(27-21)32-13-15-7-5-4-6-8-15/h4-8,14,16-17H,9-13H2,1-3H3,(H,24,25,26,27). The Morgan fingerprint density at radius 2 is 1.88 bits per heavy atom. The lowest BCUT2D eigenvalue weighted by atomic mass is 10.2. The van der Waals surface area contributed by atoms with E-state index in [2.05, 4.69) is 27.0 Å². The molecule has 32 heavy (non-hydrogen) atoms. The van der Waals surface area contributed by atoms with Crippen LogP contribution < -0.4 is 4.90 Å². The van der Waals surface area contributed by atoms with Crippen LogP contribution in [0.5, 0.6) is 0 Å². The Morgan fingerprint density at radius 1 is 1.16 bits per heavy atom. The summed E-state index contributed by atoms with van der Waals surface area (Å²) in [7, 11) is 0. The van der Waals surface area contributed by atoms with Crippen molar-refractivity contribution in [3.63, 3.8) is 0 Å². The number of amides is 1. The fourth-order valence-electron chi connectivity index (χ4n) is 4.45. The molecule has 0 spiro atoms. The third-order valence-electron chi connectivity index (χ3n) is 5.83. The highest BCUT2D eigenvalue weighted by atomic mass is 32.2. The van der Waals surface area contributed by atoms with E-state index in [1.807, 2.05) is 43.9 Å². The summed E-state index contributed by atoms with van der Waals surface area (Å²) in [6, 6.07) is 10.6. The molecule has 2 saturated heterocycles. The number of nitrogens with zero attached hydrogens (tertiary/aromatic N) is 5. The highest BCUT2D eigenvalue weighted by Gasteiger charge is 2.45. The minimum Gasteiger partial charge on any atom is -0.444 e. The number of imidazole rings is 1. The summed E-state index contributed by atoms with van der Waals surface area (Å²) in [5.74, 6) is 1.50. The second kappa shape index (κ2) is 8.27. The number of rotatable bonds is 4. The summed E-state index contributed by atoms with van der Waals surface area (Å²) in [5.41, 5.74) is 2.29. The molecule has 5 rings (SSSR count). The van der Waals surface area contributed by atoms with Crippen molar-refractivity contribution in [3.05, 3.63) is 42.2 Å². The number of carbonyl (C=O) groups excluding carboxylic acids is 1. The maximum absolute atomic E-state index is 12.8. The Kier molecular flexibility index (Phi) is 5.44. The molecule has 2 aliphatic heterocycles. The van der Waals surface area contributed by atoms with Crippen LogP contribution in [0.2, 0.25) is 0 Å². The molecule has 2 atom stereocenters. The molecular formula is C23H28N6O2S. The number of anilines is 1. The van der Waals surface area contributed by atoms with Gasteiger partial charge >= 0.3 is 6.09 Å². The molecule has 2 unspecified atom stereocenters. The minimum absolute atomic E-state index is 0.113. The Hall–Kier alpha value is -2.81. The van der Waals surface area contributed by atoms with Gasteiger partial charge in [-0.25, -0.2) is 14.8 Å².